The Hall–Kier alpha value is -3.59. The van der Waals surface area contributed by atoms with Crippen LogP contribution in [0.25, 0.3) is 28.0 Å². The molecule has 3 heterocycles. The molecular formula is C21H18F2N6O. The molecule has 5 rings (SSSR count). The third-order valence-corrected chi connectivity index (χ3v) is 5.00. The standard InChI is InChI=1S/C21H18F2N6O/c22-14-4-1-3-13(11-14)18-17-19(24)29(16-6-2-5-15(23)12-16)27-20(17)26-21(25-18)28-7-9-30-10-8-28/h1-6,11-12H,7-10,24H2. The van der Waals surface area contributed by atoms with Gasteiger partial charge in [-0.15, -0.1) is 5.10 Å². The van der Waals surface area contributed by atoms with E-state index in [2.05, 4.69) is 10.1 Å². The lowest BCUT2D eigenvalue weighted by molar-refractivity contribution is 0.122. The number of hydrogen-bond acceptors (Lipinski definition) is 6. The number of morpholine rings is 1. The van der Waals surface area contributed by atoms with E-state index in [1.807, 2.05) is 4.90 Å². The third-order valence-electron chi connectivity index (χ3n) is 5.00. The number of anilines is 2. The molecule has 2 N–H and O–H groups in total. The third kappa shape index (κ3) is 3.22. The summed E-state index contributed by atoms with van der Waals surface area (Å²) in [4.78, 5) is 11.3. The Morgan fingerprint density at radius 2 is 1.67 bits per heavy atom. The Morgan fingerprint density at radius 1 is 0.933 bits per heavy atom. The average Bonchev–Trinajstić information content (AvgIpc) is 3.10. The zero-order valence-electron chi connectivity index (χ0n) is 15.9. The minimum absolute atomic E-state index is 0.253. The number of rotatable bonds is 3. The highest BCUT2D eigenvalue weighted by molar-refractivity contribution is 5.99. The zero-order valence-corrected chi connectivity index (χ0v) is 15.9. The van der Waals surface area contributed by atoms with Gasteiger partial charge in [0.2, 0.25) is 5.95 Å². The van der Waals surface area contributed by atoms with Gasteiger partial charge in [-0.3, -0.25) is 0 Å². The fraction of sp³-hybridized carbons (Fsp3) is 0.190. The summed E-state index contributed by atoms with van der Waals surface area (Å²) < 4.78 is 34.6. The van der Waals surface area contributed by atoms with Crippen molar-refractivity contribution in [2.45, 2.75) is 0 Å². The van der Waals surface area contributed by atoms with Gasteiger partial charge in [0.25, 0.3) is 0 Å². The zero-order chi connectivity index (χ0) is 20.7. The van der Waals surface area contributed by atoms with Gasteiger partial charge in [0.15, 0.2) is 5.65 Å². The van der Waals surface area contributed by atoms with E-state index in [1.54, 1.807) is 24.3 Å². The van der Waals surface area contributed by atoms with Crippen LogP contribution in [0.4, 0.5) is 20.5 Å². The number of aromatic nitrogens is 4. The van der Waals surface area contributed by atoms with Crippen LogP contribution in [0.5, 0.6) is 0 Å². The van der Waals surface area contributed by atoms with Crippen molar-refractivity contribution >= 4 is 22.8 Å². The van der Waals surface area contributed by atoms with Crippen LogP contribution >= 0.6 is 0 Å². The van der Waals surface area contributed by atoms with E-state index in [9.17, 15) is 8.78 Å². The van der Waals surface area contributed by atoms with Gasteiger partial charge in [-0.05, 0) is 30.3 Å². The van der Waals surface area contributed by atoms with Crippen molar-refractivity contribution in [1.29, 1.82) is 0 Å². The fourth-order valence-corrected chi connectivity index (χ4v) is 3.55. The molecule has 30 heavy (non-hydrogen) atoms. The quantitative estimate of drug-likeness (QED) is 0.561. The predicted molar refractivity (Wildman–Crippen MR) is 109 cm³/mol. The summed E-state index contributed by atoms with van der Waals surface area (Å²) in [7, 11) is 0. The lowest BCUT2D eigenvalue weighted by Crippen LogP contribution is -2.37. The van der Waals surface area contributed by atoms with Crippen molar-refractivity contribution in [3.8, 4) is 16.9 Å². The molecule has 0 saturated carbocycles. The van der Waals surface area contributed by atoms with Crippen LogP contribution in [-0.2, 0) is 4.74 Å². The monoisotopic (exact) mass is 408 g/mol. The number of ether oxygens (including phenoxy) is 1. The van der Waals surface area contributed by atoms with E-state index >= 15 is 0 Å². The Labute approximate surface area is 170 Å². The van der Waals surface area contributed by atoms with E-state index in [-0.39, 0.29) is 11.6 Å². The smallest absolute Gasteiger partial charge is 0.228 e. The summed E-state index contributed by atoms with van der Waals surface area (Å²) in [5.74, 6) is -0.0717. The molecule has 152 valence electrons. The highest BCUT2D eigenvalue weighted by Gasteiger charge is 2.22. The van der Waals surface area contributed by atoms with Crippen LogP contribution in [0, 0.1) is 11.6 Å². The maximum absolute atomic E-state index is 14.0. The van der Waals surface area contributed by atoms with Crippen molar-refractivity contribution in [2.24, 2.45) is 0 Å². The maximum atomic E-state index is 14.0. The molecule has 1 aliphatic heterocycles. The second-order valence-corrected chi connectivity index (χ2v) is 6.96. The van der Waals surface area contributed by atoms with Gasteiger partial charge in [-0.2, -0.15) is 4.98 Å². The minimum Gasteiger partial charge on any atom is -0.383 e. The summed E-state index contributed by atoms with van der Waals surface area (Å²) in [6, 6.07) is 12.1. The van der Waals surface area contributed by atoms with Crippen molar-refractivity contribution in [3.63, 3.8) is 0 Å². The molecule has 2 aromatic heterocycles. The Bertz CT molecular complexity index is 1240. The SMILES string of the molecule is Nc1c2c(-c3cccc(F)c3)nc(N3CCOCC3)nc2nn1-c1cccc(F)c1. The van der Waals surface area contributed by atoms with Crippen LogP contribution < -0.4 is 10.6 Å². The molecule has 9 heteroatoms. The largest absolute Gasteiger partial charge is 0.383 e. The summed E-state index contributed by atoms with van der Waals surface area (Å²) >= 11 is 0. The van der Waals surface area contributed by atoms with Crippen LogP contribution in [0.2, 0.25) is 0 Å². The van der Waals surface area contributed by atoms with Gasteiger partial charge in [-0.25, -0.2) is 18.4 Å². The molecule has 0 aliphatic carbocycles. The van der Waals surface area contributed by atoms with Crippen LogP contribution in [0.1, 0.15) is 0 Å². The topological polar surface area (TPSA) is 82.1 Å². The molecule has 0 radical (unpaired) electrons. The minimum atomic E-state index is -0.406. The van der Waals surface area contributed by atoms with Gasteiger partial charge < -0.3 is 15.4 Å². The van der Waals surface area contributed by atoms with Crippen LogP contribution in [-0.4, -0.2) is 46.1 Å². The first kappa shape index (κ1) is 18.4. The van der Waals surface area contributed by atoms with Gasteiger partial charge in [0, 0.05) is 18.7 Å². The molecular weight excluding hydrogens is 390 g/mol. The van der Waals surface area contributed by atoms with Crippen LogP contribution in [0.15, 0.2) is 48.5 Å². The number of fused-ring (bicyclic) bond motifs is 1. The molecule has 0 bridgehead atoms. The summed E-state index contributed by atoms with van der Waals surface area (Å²) in [5, 5.41) is 5.00. The first-order valence-electron chi connectivity index (χ1n) is 9.51. The summed E-state index contributed by atoms with van der Waals surface area (Å²) in [6.07, 6.45) is 0. The fourth-order valence-electron chi connectivity index (χ4n) is 3.55. The van der Waals surface area contributed by atoms with Crippen molar-refractivity contribution in [3.05, 3.63) is 60.2 Å². The number of hydrogen-bond donors (Lipinski definition) is 1. The molecule has 7 nitrogen and oxygen atoms in total. The molecule has 0 amide bonds. The average molecular weight is 408 g/mol. The first-order chi connectivity index (χ1) is 14.6. The summed E-state index contributed by atoms with van der Waals surface area (Å²) in [6.45, 7) is 2.40. The Balaban J connectivity index is 1.76. The van der Waals surface area contributed by atoms with Gasteiger partial charge >= 0.3 is 0 Å². The van der Waals surface area contributed by atoms with E-state index in [4.69, 9.17) is 15.5 Å². The van der Waals surface area contributed by atoms with E-state index < -0.39 is 5.82 Å². The molecule has 1 aliphatic rings. The molecule has 0 atom stereocenters. The lowest BCUT2D eigenvalue weighted by atomic mass is 10.1. The summed E-state index contributed by atoms with van der Waals surface area (Å²) in [5.41, 5.74) is 8.24. The molecule has 4 aromatic rings. The Kier molecular flexibility index (Phi) is 4.51. The van der Waals surface area contributed by atoms with Crippen molar-refractivity contribution < 1.29 is 13.5 Å². The van der Waals surface area contributed by atoms with Crippen molar-refractivity contribution in [1.82, 2.24) is 19.7 Å². The first-order valence-corrected chi connectivity index (χ1v) is 9.51. The molecule has 0 spiro atoms. The van der Waals surface area contributed by atoms with Gasteiger partial charge in [0.1, 0.15) is 17.5 Å². The Morgan fingerprint density at radius 3 is 2.40 bits per heavy atom. The highest BCUT2D eigenvalue weighted by Crippen LogP contribution is 2.33. The lowest BCUT2D eigenvalue weighted by Gasteiger charge is -2.27. The highest BCUT2D eigenvalue weighted by atomic mass is 19.1. The normalized spacial score (nSPS) is 14.4. The number of halogens is 2. The number of nitrogen functional groups attached to an aromatic ring is 1. The van der Waals surface area contributed by atoms with Gasteiger partial charge in [0.05, 0.1) is 30.0 Å². The molecule has 1 saturated heterocycles. The molecule has 1 fully saturated rings. The van der Waals surface area contributed by atoms with Gasteiger partial charge in [-0.1, -0.05) is 18.2 Å². The predicted octanol–water partition coefficient (Wildman–Crippen LogP) is 3.18. The maximum Gasteiger partial charge on any atom is 0.228 e. The molecule has 0 unspecified atom stereocenters. The van der Waals surface area contributed by atoms with E-state index in [0.717, 1.165) is 0 Å². The second kappa shape index (κ2) is 7.34. The number of nitrogens with zero attached hydrogens (tertiary/aromatic N) is 5. The van der Waals surface area contributed by atoms with E-state index in [1.165, 1.54) is 28.9 Å². The van der Waals surface area contributed by atoms with Crippen molar-refractivity contribution in [2.75, 3.05) is 36.9 Å². The second-order valence-electron chi connectivity index (χ2n) is 6.96. The molecule has 2 aromatic carbocycles. The number of nitrogens with two attached hydrogens (primary N) is 1. The number of benzene rings is 2. The van der Waals surface area contributed by atoms with Crippen LogP contribution in [0.3, 0.4) is 0 Å². The van der Waals surface area contributed by atoms with E-state index in [0.29, 0.717) is 60.2 Å².